The fraction of sp³-hybridized carbons (Fsp3) is 0.0870. The first-order valence-corrected chi connectivity index (χ1v) is 9.42. The summed E-state index contributed by atoms with van der Waals surface area (Å²) >= 11 is 5.99. The Morgan fingerprint density at radius 2 is 1.80 bits per heavy atom. The number of hydrogen-bond donors (Lipinski definition) is 2. The number of hydrogen-bond acceptors (Lipinski definition) is 5. The average molecular weight is 417 g/mol. The van der Waals surface area contributed by atoms with Crippen molar-refractivity contribution >= 4 is 17.2 Å². The van der Waals surface area contributed by atoms with Crippen LogP contribution in [0.1, 0.15) is 18.2 Å². The van der Waals surface area contributed by atoms with Crippen molar-refractivity contribution in [1.29, 1.82) is 15.9 Å². The van der Waals surface area contributed by atoms with Gasteiger partial charge in [-0.2, -0.15) is 10.5 Å². The molecule has 0 saturated carbocycles. The van der Waals surface area contributed by atoms with Crippen LogP contribution in [0, 0.1) is 28.1 Å². The highest BCUT2D eigenvalue weighted by Crippen LogP contribution is 2.28. The second-order valence-electron chi connectivity index (χ2n) is 6.18. The van der Waals surface area contributed by atoms with E-state index in [2.05, 4.69) is 6.07 Å². The summed E-state index contributed by atoms with van der Waals surface area (Å²) < 4.78 is 6.57. The van der Waals surface area contributed by atoms with Crippen molar-refractivity contribution in [1.82, 2.24) is 4.57 Å². The van der Waals surface area contributed by atoms with E-state index < -0.39 is 5.95 Å². The molecule has 0 aliphatic heterocycles. The molecule has 0 aliphatic rings. The van der Waals surface area contributed by atoms with Crippen molar-refractivity contribution in [3.05, 3.63) is 88.4 Å². The van der Waals surface area contributed by atoms with Gasteiger partial charge in [-0.25, -0.2) is 0 Å². The molecular weight excluding hydrogens is 400 g/mol. The van der Waals surface area contributed by atoms with Crippen LogP contribution in [-0.2, 0) is 4.74 Å². The Hall–Kier alpha value is -4.00. The summed E-state index contributed by atoms with van der Waals surface area (Å²) in [5, 5.41) is 39.1. The number of nitriles is 2. The van der Waals surface area contributed by atoms with Gasteiger partial charge < -0.3 is 9.84 Å². The normalized spacial score (nSPS) is 11.2. The van der Waals surface area contributed by atoms with Gasteiger partial charge in [0.2, 0.25) is 0 Å². The van der Waals surface area contributed by atoms with Gasteiger partial charge in [0.05, 0.1) is 12.3 Å². The van der Waals surface area contributed by atoms with Gasteiger partial charge in [-0.15, -0.1) is 0 Å². The molecule has 6 nitrogen and oxygen atoms in total. The van der Waals surface area contributed by atoms with Gasteiger partial charge in [-0.3, -0.25) is 9.98 Å². The molecule has 0 spiro atoms. The van der Waals surface area contributed by atoms with Crippen LogP contribution in [-0.4, -0.2) is 16.3 Å². The summed E-state index contributed by atoms with van der Waals surface area (Å²) in [5.41, 5.74) is 1.75. The number of ether oxygens (including phenoxy) is 1. The number of pyridine rings is 1. The summed E-state index contributed by atoms with van der Waals surface area (Å²) in [5.74, 6) is -0.550. The van der Waals surface area contributed by atoms with Crippen LogP contribution in [0.15, 0.2) is 66.6 Å². The Bertz CT molecular complexity index is 1250. The van der Waals surface area contributed by atoms with E-state index in [0.717, 1.165) is 0 Å². The van der Waals surface area contributed by atoms with Gasteiger partial charge in [-0.1, -0.05) is 41.9 Å². The largest absolute Gasteiger partial charge is 0.480 e. The number of halogens is 1. The highest BCUT2D eigenvalue weighted by molar-refractivity contribution is 6.30. The molecular formula is C23H17ClN4O2. The SMILES string of the molecule is CCO/C(O)=C(\C#N)c1cc(-c2ccccc2)c(C#N)c(=N)n1-c1ccc(Cl)cc1. The molecule has 1 aromatic heterocycles. The lowest BCUT2D eigenvalue weighted by atomic mass is 9.98. The van der Waals surface area contributed by atoms with E-state index in [1.807, 2.05) is 36.4 Å². The summed E-state index contributed by atoms with van der Waals surface area (Å²) in [4.78, 5) is 0. The Labute approximate surface area is 178 Å². The van der Waals surface area contributed by atoms with Gasteiger partial charge >= 0.3 is 0 Å². The van der Waals surface area contributed by atoms with Crippen molar-refractivity contribution < 1.29 is 9.84 Å². The number of nitrogens with one attached hydrogen (secondary N) is 1. The quantitative estimate of drug-likeness (QED) is 0.454. The van der Waals surface area contributed by atoms with E-state index in [1.165, 1.54) is 4.57 Å². The molecule has 148 valence electrons. The van der Waals surface area contributed by atoms with E-state index in [9.17, 15) is 15.6 Å². The highest BCUT2D eigenvalue weighted by atomic mass is 35.5. The average Bonchev–Trinajstić information content (AvgIpc) is 2.76. The zero-order chi connectivity index (χ0) is 21.7. The molecule has 2 aromatic carbocycles. The third-order valence-electron chi connectivity index (χ3n) is 4.40. The van der Waals surface area contributed by atoms with Crippen LogP contribution in [0.3, 0.4) is 0 Å². The van der Waals surface area contributed by atoms with E-state index in [1.54, 1.807) is 37.3 Å². The molecule has 0 radical (unpaired) electrons. The molecule has 7 heteroatoms. The van der Waals surface area contributed by atoms with Crippen molar-refractivity contribution in [2.24, 2.45) is 0 Å². The van der Waals surface area contributed by atoms with Gasteiger partial charge in [0.25, 0.3) is 5.95 Å². The Morgan fingerprint density at radius 1 is 1.13 bits per heavy atom. The van der Waals surface area contributed by atoms with Gasteiger partial charge in [0.1, 0.15) is 23.2 Å². The number of aliphatic hydroxyl groups excluding tert-OH is 1. The minimum atomic E-state index is -0.550. The van der Waals surface area contributed by atoms with Crippen LogP contribution in [0.4, 0.5) is 0 Å². The van der Waals surface area contributed by atoms with E-state index >= 15 is 0 Å². The monoisotopic (exact) mass is 416 g/mol. The topological polar surface area (TPSA) is 106 Å². The lowest BCUT2D eigenvalue weighted by molar-refractivity contribution is 0.105. The minimum Gasteiger partial charge on any atom is -0.480 e. The molecule has 0 fully saturated rings. The van der Waals surface area contributed by atoms with Crippen LogP contribution >= 0.6 is 11.6 Å². The van der Waals surface area contributed by atoms with Crippen molar-refractivity contribution in [3.8, 4) is 29.0 Å². The zero-order valence-corrected chi connectivity index (χ0v) is 16.8. The first-order chi connectivity index (χ1) is 14.5. The minimum absolute atomic E-state index is 0.131. The first-order valence-electron chi connectivity index (χ1n) is 9.04. The fourth-order valence-corrected chi connectivity index (χ4v) is 3.18. The summed E-state index contributed by atoms with van der Waals surface area (Å²) in [7, 11) is 0. The molecule has 0 saturated heterocycles. The molecule has 30 heavy (non-hydrogen) atoms. The number of aromatic nitrogens is 1. The molecule has 0 aliphatic carbocycles. The van der Waals surface area contributed by atoms with Gasteiger partial charge in [0.15, 0.2) is 5.57 Å². The maximum Gasteiger partial charge on any atom is 0.297 e. The van der Waals surface area contributed by atoms with Crippen LogP contribution in [0.25, 0.3) is 22.4 Å². The second kappa shape index (κ2) is 9.00. The van der Waals surface area contributed by atoms with Crippen LogP contribution in [0.5, 0.6) is 0 Å². The standard InChI is InChI=1S/C23H17ClN4O2/c1-2-30-23(29)20(14-26)21-12-18(15-6-4-3-5-7-15)19(13-25)22(27)28(21)17-10-8-16(24)9-11-17/h3-12,27,29H,2H2,1H3/b23-20+,27-22?. The maximum absolute atomic E-state index is 10.3. The molecule has 0 amide bonds. The van der Waals surface area contributed by atoms with Crippen LogP contribution < -0.4 is 5.49 Å². The van der Waals surface area contributed by atoms with E-state index in [-0.39, 0.29) is 28.9 Å². The Balaban J connectivity index is 2.46. The molecule has 0 unspecified atom stereocenters. The molecule has 0 atom stereocenters. The summed E-state index contributed by atoms with van der Waals surface area (Å²) in [6.45, 7) is 1.84. The lowest BCUT2D eigenvalue weighted by Gasteiger charge is -2.18. The number of nitrogens with zero attached hydrogens (tertiary/aromatic N) is 3. The van der Waals surface area contributed by atoms with E-state index in [4.69, 9.17) is 21.7 Å². The van der Waals surface area contributed by atoms with Crippen molar-refractivity contribution in [2.45, 2.75) is 6.92 Å². The molecule has 3 aromatic rings. The third kappa shape index (κ3) is 3.91. The Kier molecular flexibility index (Phi) is 6.22. The molecule has 1 heterocycles. The van der Waals surface area contributed by atoms with E-state index in [0.29, 0.717) is 21.8 Å². The van der Waals surface area contributed by atoms with Crippen molar-refractivity contribution in [3.63, 3.8) is 0 Å². The maximum atomic E-state index is 10.3. The number of aliphatic hydroxyl groups is 1. The predicted octanol–water partition coefficient (Wildman–Crippen LogP) is 4.94. The zero-order valence-electron chi connectivity index (χ0n) is 16.1. The number of rotatable bonds is 5. The molecule has 2 N–H and O–H groups in total. The summed E-state index contributed by atoms with van der Waals surface area (Å²) in [6, 6.07) is 21.4. The number of benzene rings is 2. The smallest absolute Gasteiger partial charge is 0.297 e. The first kappa shape index (κ1) is 20.7. The fourth-order valence-electron chi connectivity index (χ4n) is 3.06. The third-order valence-corrected chi connectivity index (χ3v) is 4.65. The second-order valence-corrected chi connectivity index (χ2v) is 6.62. The van der Waals surface area contributed by atoms with Gasteiger partial charge in [0, 0.05) is 16.3 Å². The Morgan fingerprint density at radius 3 is 2.37 bits per heavy atom. The molecule has 0 bridgehead atoms. The van der Waals surface area contributed by atoms with Crippen LogP contribution in [0.2, 0.25) is 5.02 Å². The number of allylic oxidation sites excluding steroid dienone is 1. The predicted molar refractivity (Wildman–Crippen MR) is 114 cm³/mol. The summed E-state index contributed by atoms with van der Waals surface area (Å²) in [6.07, 6.45) is 0. The highest BCUT2D eigenvalue weighted by Gasteiger charge is 2.21. The lowest BCUT2D eigenvalue weighted by Crippen LogP contribution is -2.25. The molecule has 3 rings (SSSR count). The van der Waals surface area contributed by atoms with Crippen molar-refractivity contribution in [2.75, 3.05) is 6.61 Å². The van der Waals surface area contributed by atoms with Gasteiger partial charge in [-0.05, 0) is 42.8 Å².